The number of rotatable bonds is 8. The molecule has 0 aliphatic carbocycles. The molecule has 0 N–H and O–H groups in total. The predicted octanol–water partition coefficient (Wildman–Crippen LogP) is 4.20. The Labute approximate surface area is 121 Å². The summed E-state index contributed by atoms with van der Waals surface area (Å²) in [7, 11) is 1.72. The molecule has 2 rings (SSSR count). The fourth-order valence-corrected chi connectivity index (χ4v) is 4.42. The molecule has 0 bridgehead atoms. The van der Waals surface area contributed by atoms with Gasteiger partial charge in [-0.2, -0.15) is 0 Å². The second-order valence-corrected chi connectivity index (χ2v) is 7.30. The zero-order chi connectivity index (χ0) is 13.5. The average molecular weight is 324 g/mol. The SMILES string of the molecule is CCCCCCCCc1nc2ccc(OC)cc2[se]1. The quantitative estimate of drug-likeness (QED) is 0.536. The van der Waals surface area contributed by atoms with Gasteiger partial charge in [0, 0.05) is 0 Å². The van der Waals surface area contributed by atoms with Gasteiger partial charge in [0.1, 0.15) is 0 Å². The number of methoxy groups -OCH3 is 1. The Morgan fingerprint density at radius 1 is 1.11 bits per heavy atom. The molecule has 0 fully saturated rings. The molecule has 0 saturated heterocycles. The first kappa shape index (κ1) is 14.6. The number of benzene rings is 1. The van der Waals surface area contributed by atoms with Crippen LogP contribution in [0.1, 0.15) is 50.0 Å². The molecule has 3 heteroatoms. The molecular weight excluding hydrogens is 301 g/mol. The molecule has 1 aromatic carbocycles. The Balaban J connectivity index is 1.84. The first-order valence-electron chi connectivity index (χ1n) is 7.27. The van der Waals surface area contributed by atoms with Crippen molar-refractivity contribution in [2.24, 2.45) is 0 Å². The van der Waals surface area contributed by atoms with E-state index in [1.54, 1.807) is 7.11 Å². The van der Waals surface area contributed by atoms with Crippen molar-refractivity contribution in [2.75, 3.05) is 7.11 Å². The van der Waals surface area contributed by atoms with Crippen LogP contribution < -0.4 is 4.74 Å². The second-order valence-electron chi connectivity index (χ2n) is 4.96. The molecule has 1 heterocycles. The summed E-state index contributed by atoms with van der Waals surface area (Å²) in [6.45, 7) is 2.27. The van der Waals surface area contributed by atoms with Gasteiger partial charge in [-0.25, -0.2) is 0 Å². The molecular formula is C16H23NOSe. The van der Waals surface area contributed by atoms with E-state index < -0.39 is 0 Å². The number of ether oxygens (including phenoxy) is 1. The Morgan fingerprint density at radius 2 is 1.89 bits per heavy atom. The zero-order valence-corrected chi connectivity index (χ0v) is 13.7. The number of hydrogen-bond donors (Lipinski definition) is 0. The third-order valence-corrected chi connectivity index (χ3v) is 5.65. The molecule has 0 unspecified atom stereocenters. The van der Waals surface area contributed by atoms with Crippen LogP contribution in [0.2, 0.25) is 0 Å². The van der Waals surface area contributed by atoms with E-state index in [0.717, 1.165) is 5.75 Å². The van der Waals surface area contributed by atoms with Gasteiger partial charge in [0.25, 0.3) is 0 Å². The first-order valence-corrected chi connectivity index (χ1v) is 8.98. The summed E-state index contributed by atoms with van der Waals surface area (Å²) in [5.74, 6) is 0.955. The van der Waals surface area contributed by atoms with Gasteiger partial charge in [0.05, 0.1) is 0 Å². The van der Waals surface area contributed by atoms with Crippen molar-refractivity contribution in [3.05, 3.63) is 22.8 Å². The van der Waals surface area contributed by atoms with E-state index >= 15 is 0 Å². The van der Waals surface area contributed by atoms with Crippen molar-refractivity contribution < 1.29 is 4.74 Å². The fraction of sp³-hybridized carbons (Fsp3) is 0.562. The summed E-state index contributed by atoms with van der Waals surface area (Å²) in [6, 6.07) is 6.24. The van der Waals surface area contributed by atoms with E-state index in [4.69, 9.17) is 9.72 Å². The van der Waals surface area contributed by atoms with Gasteiger partial charge in [0.15, 0.2) is 0 Å². The normalized spacial score (nSPS) is 11.1. The number of aryl methyl sites for hydroxylation is 1. The summed E-state index contributed by atoms with van der Waals surface area (Å²) in [4.78, 5) is 4.75. The Kier molecular flexibility index (Phi) is 5.93. The van der Waals surface area contributed by atoms with Gasteiger partial charge in [-0.1, -0.05) is 0 Å². The minimum absolute atomic E-state index is 0.424. The predicted molar refractivity (Wildman–Crippen MR) is 82.3 cm³/mol. The molecule has 0 atom stereocenters. The first-order chi connectivity index (χ1) is 9.33. The zero-order valence-electron chi connectivity index (χ0n) is 11.9. The number of fused-ring (bicyclic) bond motifs is 1. The van der Waals surface area contributed by atoms with E-state index in [9.17, 15) is 0 Å². The van der Waals surface area contributed by atoms with Gasteiger partial charge in [0.2, 0.25) is 0 Å². The van der Waals surface area contributed by atoms with E-state index in [1.807, 2.05) is 6.07 Å². The monoisotopic (exact) mass is 325 g/mol. The van der Waals surface area contributed by atoms with Crippen molar-refractivity contribution in [2.45, 2.75) is 51.9 Å². The Hall–Kier alpha value is -0.791. The van der Waals surface area contributed by atoms with Crippen LogP contribution in [0.4, 0.5) is 0 Å². The number of unbranched alkanes of at least 4 members (excludes halogenated alkanes) is 5. The van der Waals surface area contributed by atoms with Gasteiger partial charge in [-0.05, 0) is 0 Å². The Morgan fingerprint density at radius 3 is 2.68 bits per heavy atom. The molecule has 0 amide bonds. The van der Waals surface area contributed by atoms with Gasteiger partial charge in [-0.3, -0.25) is 0 Å². The van der Waals surface area contributed by atoms with E-state index in [0.29, 0.717) is 14.5 Å². The van der Waals surface area contributed by atoms with Crippen molar-refractivity contribution in [3.8, 4) is 5.75 Å². The molecule has 1 aromatic heterocycles. The van der Waals surface area contributed by atoms with Crippen LogP contribution in [0.5, 0.6) is 5.75 Å². The molecule has 19 heavy (non-hydrogen) atoms. The van der Waals surface area contributed by atoms with Gasteiger partial charge >= 0.3 is 121 Å². The molecule has 2 nitrogen and oxygen atoms in total. The van der Waals surface area contributed by atoms with E-state index in [-0.39, 0.29) is 0 Å². The molecule has 2 aromatic rings. The van der Waals surface area contributed by atoms with Crippen LogP contribution in [0, 0.1) is 0 Å². The fourth-order valence-electron chi connectivity index (χ4n) is 2.24. The number of aromatic nitrogens is 1. The summed E-state index contributed by atoms with van der Waals surface area (Å²) in [5.41, 5.74) is 1.17. The maximum absolute atomic E-state index is 5.27. The summed E-state index contributed by atoms with van der Waals surface area (Å²) in [5, 5.41) is 0. The summed E-state index contributed by atoms with van der Waals surface area (Å²) < 4.78 is 8.06. The van der Waals surface area contributed by atoms with Crippen molar-refractivity contribution in [1.82, 2.24) is 4.98 Å². The van der Waals surface area contributed by atoms with Gasteiger partial charge < -0.3 is 0 Å². The van der Waals surface area contributed by atoms with E-state index in [2.05, 4.69) is 19.1 Å². The van der Waals surface area contributed by atoms with Crippen LogP contribution in [0.3, 0.4) is 0 Å². The van der Waals surface area contributed by atoms with Crippen molar-refractivity contribution >= 4 is 24.3 Å². The Bertz CT molecular complexity index is 506. The van der Waals surface area contributed by atoms with Crippen LogP contribution in [0.25, 0.3) is 9.78 Å². The number of nitrogens with zero attached hydrogens (tertiary/aromatic N) is 1. The maximum atomic E-state index is 5.27. The van der Waals surface area contributed by atoms with Crippen LogP contribution in [-0.2, 0) is 6.42 Å². The van der Waals surface area contributed by atoms with Crippen LogP contribution in [0.15, 0.2) is 18.2 Å². The third-order valence-electron chi connectivity index (χ3n) is 3.38. The topological polar surface area (TPSA) is 22.1 Å². The van der Waals surface area contributed by atoms with E-state index in [1.165, 1.54) is 59.3 Å². The minimum atomic E-state index is 0.424. The molecule has 104 valence electrons. The second kappa shape index (κ2) is 7.71. The molecule has 0 aliphatic rings. The molecule has 0 radical (unpaired) electrons. The van der Waals surface area contributed by atoms with Crippen molar-refractivity contribution in [1.29, 1.82) is 0 Å². The van der Waals surface area contributed by atoms with Gasteiger partial charge in [-0.15, -0.1) is 0 Å². The average Bonchev–Trinajstić information content (AvgIpc) is 2.84. The molecule has 0 aliphatic heterocycles. The third kappa shape index (κ3) is 4.36. The van der Waals surface area contributed by atoms with Crippen LogP contribution >= 0.6 is 0 Å². The molecule has 0 spiro atoms. The van der Waals surface area contributed by atoms with Crippen LogP contribution in [-0.4, -0.2) is 26.6 Å². The summed E-state index contributed by atoms with van der Waals surface area (Å²) >= 11 is 0.424. The number of hydrogen-bond acceptors (Lipinski definition) is 2. The molecule has 0 saturated carbocycles. The van der Waals surface area contributed by atoms with Crippen molar-refractivity contribution in [3.63, 3.8) is 0 Å². The summed E-state index contributed by atoms with van der Waals surface area (Å²) in [6.07, 6.45) is 9.33. The standard InChI is InChI=1S/C16H23NOSe/c1-3-4-5-6-7-8-9-16-17-14-11-10-13(18-2)12-15(14)19-16/h10-12H,3-9H2,1-2H3.